The third kappa shape index (κ3) is 15.4. The van der Waals surface area contributed by atoms with Crippen molar-refractivity contribution in [2.24, 2.45) is 0 Å². The van der Waals surface area contributed by atoms with Crippen LogP contribution in [0.25, 0.3) is 0 Å². The highest BCUT2D eigenvalue weighted by Crippen LogP contribution is 2.35. The summed E-state index contributed by atoms with van der Waals surface area (Å²) in [6.45, 7) is 4.48. The molecule has 0 aliphatic carbocycles. The van der Waals surface area contributed by atoms with Crippen LogP contribution in [-0.2, 0) is 18.1 Å². The summed E-state index contributed by atoms with van der Waals surface area (Å²) in [4.78, 5) is 18.6. The van der Waals surface area contributed by atoms with Crippen LogP contribution in [0.4, 0.5) is 0 Å². The second-order valence-electron chi connectivity index (χ2n) is 3.65. The molecule has 0 heterocycles. The van der Waals surface area contributed by atoms with Crippen LogP contribution in [-0.4, -0.2) is 47.0 Å². The third-order valence-corrected chi connectivity index (χ3v) is 3.32. The van der Waals surface area contributed by atoms with E-state index in [2.05, 4.69) is 0 Å². The minimum absolute atomic E-state index is 0.177. The number of halogens is 2. The molecule has 10 heteroatoms. The Kier molecular flexibility index (Phi) is 13.7. The molecule has 116 valence electrons. The Hall–Kier alpha value is 1.20. The van der Waals surface area contributed by atoms with Crippen molar-refractivity contribution < 1.29 is 27.9 Å². The molecule has 0 saturated carbocycles. The Labute approximate surface area is 126 Å². The van der Waals surface area contributed by atoms with Crippen LogP contribution in [0, 0.1) is 0 Å². The van der Waals surface area contributed by atoms with Crippen molar-refractivity contribution in [2.45, 2.75) is 31.0 Å². The zero-order chi connectivity index (χ0) is 14.7. The van der Waals surface area contributed by atoms with Crippen molar-refractivity contribution in [3.8, 4) is 0 Å². The molecule has 0 bridgehead atoms. The fraction of sp³-hybridized carbons (Fsp3) is 1.00. The summed E-state index contributed by atoms with van der Waals surface area (Å²) in [6.07, 6.45) is 0.498. The summed E-state index contributed by atoms with van der Waals surface area (Å²) >= 11 is 11.3. The van der Waals surface area contributed by atoms with E-state index in [9.17, 15) is 9.79 Å². The highest BCUT2D eigenvalue weighted by atomic mass is 35.5. The second kappa shape index (κ2) is 12.9. The van der Waals surface area contributed by atoms with Crippen LogP contribution >= 0.6 is 40.4 Å². The number of hydrogen-bond donors (Lipinski definition) is 2. The van der Waals surface area contributed by atoms with Gasteiger partial charge in [-0.15, -0.1) is 23.2 Å². The van der Waals surface area contributed by atoms with Gasteiger partial charge in [0.1, 0.15) is 0 Å². The lowest BCUT2D eigenvalue weighted by Gasteiger charge is -2.13. The zero-order valence-electron chi connectivity index (χ0n) is 10.9. The predicted molar refractivity (Wildman–Crippen MR) is 77.3 cm³/mol. The number of rotatable bonds is 12. The first-order chi connectivity index (χ1) is 8.91. The molecule has 4 unspecified atom stereocenters. The van der Waals surface area contributed by atoms with Gasteiger partial charge in [-0.3, -0.25) is 0 Å². The summed E-state index contributed by atoms with van der Waals surface area (Å²) in [5, 5.41) is -0.355. The van der Waals surface area contributed by atoms with E-state index < -0.39 is 17.2 Å². The fourth-order valence-corrected chi connectivity index (χ4v) is 2.48. The van der Waals surface area contributed by atoms with Gasteiger partial charge in [-0.1, -0.05) is 0 Å². The van der Waals surface area contributed by atoms with E-state index in [1.165, 1.54) is 0 Å². The maximum Gasteiger partial charge on any atom is 0.329 e. The highest BCUT2D eigenvalue weighted by Gasteiger charge is 2.10. The molecule has 19 heavy (non-hydrogen) atoms. The summed E-state index contributed by atoms with van der Waals surface area (Å²) in [5.41, 5.74) is 0. The lowest BCUT2D eigenvalue weighted by atomic mass is 10.5. The maximum absolute atomic E-state index is 9.29. The SMILES string of the molecule is CC(Cl)COP(O)OCCCOP(O)OCC(C)Cl. The van der Waals surface area contributed by atoms with Crippen molar-refractivity contribution in [3.63, 3.8) is 0 Å². The second-order valence-corrected chi connectivity index (χ2v) is 7.12. The molecule has 0 amide bonds. The first-order valence-corrected chi connectivity index (χ1v) is 8.83. The lowest BCUT2D eigenvalue weighted by molar-refractivity contribution is 0.169. The molecule has 4 atom stereocenters. The molecule has 0 aliphatic rings. The normalized spacial score (nSPS) is 18.0. The predicted octanol–water partition coefficient (Wildman–Crippen LogP) is 3.14. The Bertz CT molecular complexity index is 193. The Morgan fingerprint density at radius 1 is 0.842 bits per heavy atom. The molecule has 0 fully saturated rings. The lowest BCUT2D eigenvalue weighted by Crippen LogP contribution is -2.04. The van der Waals surface area contributed by atoms with Crippen LogP contribution in [0.3, 0.4) is 0 Å². The van der Waals surface area contributed by atoms with E-state index in [0.717, 1.165) is 0 Å². The van der Waals surface area contributed by atoms with Gasteiger partial charge in [0.25, 0.3) is 0 Å². The Morgan fingerprint density at radius 2 is 1.21 bits per heavy atom. The molecule has 0 rings (SSSR count). The zero-order valence-corrected chi connectivity index (χ0v) is 14.2. The van der Waals surface area contributed by atoms with Crippen molar-refractivity contribution in [2.75, 3.05) is 26.4 Å². The molecule has 0 spiro atoms. The molecule has 6 nitrogen and oxygen atoms in total. The van der Waals surface area contributed by atoms with Crippen LogP contribution in [0.1, 0.15) is 20.3 Å². The molecule has 0 saturated heterocycles. The number of alkyl halides is 2. The molecule has 0 radical (unpaired) electrons. The average molecular weight is 357 g/mol. The van der Waals surface area contributed by atoms with E-state index in [0.29, 0.717) is 6.42 Å². The molecule has 0 aliphatic heterocycles. The van der Waals surface area contributed by atoms with Crippen molar-refractivity contribution in [3.05, 3.63) is 0 Å². The van der Waals surface area contributed by atoms with Crippen molar-refractivity contribution >= 4 is 40.4 Å². The summed E-state index contributed by atoms with van der Waals surface area (Å²) < 4.78 is 19.9. The monoisotopic (exact) mass is 356 g/mol. The van der Waals surface area contributed by atoms with Crippen LogP contribution in [0.15, 0.2) is 0 Å². The quantitative estimate of drug-likeness (QED) is 0.318. The van der Waals surface area contributed by atoms with Crippen molar-refractivity contribution in [1.29, 1.82) is 0 Å². The van der Waals surface area contributed by atoms with Crippen LogP contribution in [0.2, 0.25) is 0 Å². The average Bonchev–Trinajstić information content (AvgIpc) is 2.33. The Balaban J connectivity index is 3.34. The molecule has 0 aromatic carbocycles. The van der Waals surface area contributed by atoms with Gasteiger partial charge in [-0.2, -0.15) is 0 Å². The van der Waals surface area contributed by atoms with Crippen LogP contribution in [0.5, 0.6) is 0 Å². The van der Waals surface area contributed by atoms with E-state index in [1.807, 2.05) is 0 Å². The van der Waals surface area contributed by atoms with E-state index in [-0.39, 0.29) is 37.2 Å². The molecule has 0 aromatic rings. The minimum atomic E-state index is -1.91. The van der Waals surface area contributed by atoms with Crippen molar-refractivity contribution in [1.82, 2.24) is 0 Å². The summed E-state index contributed by atoms with van der Waals surface area (Å²) in [6, 6.07) is 0. The third-order valence-electron chi connectivity index (χ3n) is 1.52. The first-order valence-electron chi connectivity index (χ1n) is 5.69. The summed E-state index contributed by atoms with van der Waals surface area (Å²) in [5.74, 6) is 0. The van der Waals surface area contributed by atoms with Gasteiger partial charge >= 0.3 is 17.2 Å². The fourth-order valence-electron chi connectivity index (χ4n) is 0.752. The van der Waals surface area contributed by atoms with E-state index >= 15 is 0 Å². The van der Waals surface area contributed by atoms with Gasteiger partial charge in [-0.05, 0) is 20.3 Å². The van der Waals surface area contributed by atoms with Gasteiger partial charge in [0.2, 0.25) is 0 Å². The smallest absolute Gasteiger partial charge is 0.328 e. The number of hydrogen-bond acceptors (Lipinski definition) is 6. The largest absolute Gasteiger partial charge is 0.329 e. The van der Waals surface area contributed by atoms with Gasteiger partial charge < -0.3 is 27.9 Å². The molecular weight excluding hydrogens is 337 g/mol. The van der Waals surface area contributed by atoms with Gasteiger partial charge in [0.15, 0.2) is 0 Å². The van der Waals surface area contributed by atoms with Gasteiger partial charge in [0, 0.05) is 0 Å². The van der Waals surface area contributed by atoms with E-state index in [4.69, 9.17) is 41.3 Å². The molecule has 2 N–H and O–H groups in total. The van der Waals surface area contributed by atoms with Crippen LogP contribution < -0.4 is 0 Å². The molecule has 0 aromatic heterocycles. The first kappa shape index (κ1) is 20.2. The van der Waals surface area contributed by atoms with E-state index in [1.54, 1.807) is 13.8 Å². The Morgan fingerprint density at radius 3 is 1.53 bits per heavy atom. The maximum atomic E-state index is 9.29. The van der Waals surface area contributed by atoms with Gasteiger partial charge in [-0.25, -0.2) is 0 Å². The minimum Gasteiger partial charge on any atom is -0.328 e. The highest BCUT2D eigenvalue weighted by molar-refractivity contribution is 7.40. The molecular formula is C9H20Cl2O6P2. The topological polar surface area (TPSA) is 77.4 Å². The summed E-state index contributed by atoms with van der Waals surface area (Å²) in [7, 11) is -3.81. The van der Waals surface area contributed by atoms with Gasteiger partial charge in [0.05, 0.1) is 37.2 Å². The standard InChI is InChI=1S/C9H20Cl2O6P2/c1-8(10)6-16-18(12)14-4-3-5-15-19(13)17-7-9(2)11/h8-9,12-13H,3-7H2,1-2H3.